The van der Waals surface area contributed by atoms with Gasteiger partial charge < -0.3 is 46.6 Å². The van der Waals surface area contributed by atoms with Crippen LogP contribution in [0.5, 0.6) is 0 Å². The van der Waals surface area contributed by atoms with Gasteiger partial charge in [-0.25, -0.2) is 4.79 Å². The summed E-state index contributed by atoms with van der Waals surface area (Å²) in [6.07, 6.45) is -8.06. The van der Waals surface area contributed by atoms with Gasteiger partial charge >= 0.3 is 17.9 Å². The van der Waals surface area contributed by atoms with E-state index < -0.39 is 65.1 Å². The van der Waals surface area contributed by atoms with Crippen LogP contribution in [0.4, 0.5) is 0 Å². The van der Waals surface area contributed by atoms with Crippen LogP contribution in [0.2, 0.25) is 0 Å². The normalized spacial score (nSPS) is 14.7. The third kappa shape index (κ3) is 16.8. The first-order chi connectivity index (χ1) is 15.4. The van der Waals surface area contributed by atoms with E-state index in [-0.39, 0.29) is 30.1 Å². The van der Waals surface area contributed by atoms with Crippen LogP contribution in [0.3, 0.4) is 0 Å². The van der Waals surface area contributed by atoms with Crippen molar-refractivity contribution in [2.24, 2.45) is 5.73 Å². The van der Waals surface area contributed by atoms with Crippen molar-refractivity contribution in [1.82, 2.24) is 0 Å². The van der Waals surface area contributed by atoms with E-state index in [0.717, 1.165) is 5.56 Å². The van der Waals surface area contributed by atoms with Gasteiger partial charge in [-0.2, -0.15) is 8.42 Å². The van der Waals surface area contributed by atoms with Gasteiger partial charge in [-0.15, -0.1) is 12.4 Å². The summed E-state index contributed by atoms with van der Waals surface area (Å²) in [6, 6.07) is 4.93. The number of aliphatic hydroxyl groups excluding tert-OH is 5. The van der Waals surface area contributed by atoms with E-state index in [1.54, 1.807) is 12.1 Å². The van der Waals surface area contributed by atoms with Crippen LogP contribution in [-0.2, 0) is 24.5 Å². The molecule has 1 aromatic carbocycles. The zero-order valence-corrected chi connectivity index (χ0v) is 19.9. The lowest BCUT2D eigenvalue weighted by Gasteiger charge is -2.23. The summed E-state index contributed by atoms with van der Waals surface area (Å²) in [5.41, 5.74) is 5.96. The Balaban J connectivity index is -0.000000436. The smallest absolute Gasteiger partial charge is 0.335 e. The molecule has 0 fully saturated rings. The predicted octanol–water partition coefficient (Wildman–Crippen LogP) is -2.57. The standard InChI is InChI=1S/C7H8O3S.C6H12O7.C5H9NO4.ClH/c1-6-2-4-7(5-3-6)11(8,9)10;7-1-2(8)3(9)4(10)5(11)6(12)13;6-3(5(9)10)1-2-4(7)8;/h2-5H,1H3,(H,8,9,10);2-5,7-11H,1H2,(H,12,13);3H,1-2,6H2,(H,7,8)(H,9,10);1H/t;2-,3-,4+,5-;3-;/m.10./s1. The number of carboxylic acids is 3. The zero-order valence-electron chi connectivity index (χ0n) is 18.3. The first-order valence-electron chi connectivity index (χ1n) is 9.25. The van der Waals surface area contributed by atoms with E-state index in [1.807, 2.05) is 6.92 Å². The summed E-state index contributed by atoms with van der Waals surface area (Å²) in [5, 5.41) is 68.1. The highest BCUT2D eigenvalue weighted by molar-refractivity contribution is 7.85. The number of aliphatic hydroxyl groups is 5. The van der Waals surface area contributed by atoms with Crippen LogP contribution in [-0.4, -0.2) is 109 Å². The number of nitrogens with two attached hydrogens (primary N) is 1. The van der Waals surface area contributed by atoms with Gasteiger partial charge in [-0.05, 0) is 25.5 Å². The van der Waals surface area contributed by atoms with Gasteiger partial charge in [0.25, 0.3) is 10.1 Å². The molecule has 0 aliphatic rings. The van der Waals surface area contributed by atoms with Crippen molar-refractivity contribution in [3.63, 3.8) is 0 Å². The average molecular weight is 552 g/mol. The van der Waals surface area contributed by atoms with Gasteiger partial charge in [0.2, 0.25) is 0 Å². The zero-order chi connectivity index (χ0) is 27.2. The Morgan fingerprint density at radius 3 is 1.69 bits per heavy atom. The lowest BCUT2D eigenvalue weighted by molar-refractivity contribution is -0.164. The maximum Gasteiger partial charge on any atom is 0.335 e. The fourth-order valence-electron chi connectivity index (χ4n) is 1.78. The van der Waals surface area contributed by atoms with Crippen LogP contribution in [0.1, 0.15) is 18.4 Å². The molecular formula is C18H30ClNO14S. The topological polar surface area (TPSA) is 293 Å². The highest BCUT2D eigenvalue weighted by Gasteiger charge is 2.33. The molecule has 17 heteroatoms. The second-order valence-electron chi connectivity index (χ2n) is 6.68. The molecule has 0 aromatic heterocycles. The molecule has 35 heavy (non-hydrogen) atoms. The number of rotatable bonds is 10. The van der Waals surface area contributed by atoms with E-state index in [0.29, 0.717) is 0 Å². The Bertz CT molecular complexity index is 880. The Labute approximate surface area is 206 Å². The minimum atomic E-state index is -4.02. The monoisotopic (exact) mass is 551 g/mol. The van der Waals surface area contributed by atoms with E-state index in [4.69, 9.17) is 51.1 Å². The van der Waals surface area contributed by atoms with Gasteiger partial charge in [0, 0.05) is 6.42 Å². The summed E-state index contributed by atoms with van der Waals surface area (Å²) in [5.74, 6) is -3.92. The first-order valence-corrected chi connectivity index (χ1v) is 10.7. The molecule has 0 saturated heterocycles. The van der Waals surface area contributed by atoms with Gasteiger partial charge in [0.05, 0.1) is 11.5 Å². The van der Waals surface area contributed by atoms with E-state index in [9.17, 15) is 22.8 Å². The number of carbonyl (C=O) groups is 3. The minimum Gasteiger partial charge on any atom is -0.481 e. The number of halogens is 1. The molecule has 0 radical (unpaired) electrons. The fraction of sp³-hybridized carbons (Fsp3) is 0.500. The first kappa shape index (κ1) is 37.1. The number of aryl methyl sites for hydroxylation is 1. The van der Waals surface area contributed by atoms with E-state index in [2.05, 4.69) is 0 Å². The quantitative estimate of drug-likeness (QED) is 0.134. The summed E-state index contributed by atoms with van der Waals surface area (Å²) in [6.45, 7) is 0.998. The summed E-state index contributed by atoms with van der Waals surface area (Å²) < 4.78 is 29.6. The SMILES string of the molecule is Cc1ccc(S(=O)(=O)O)cc1.Cl.N[C@@H](CCC(=O)O)C(=O)O.O=C(O)[C@H](O)[C@@H](O)[C@H](O)[C@H](O)CO. The van der Waals surface area contributed by atoms with Crippen molar-refractivity contribution in [1.29, 1.82) is 0 Å². The fourth-order valence-corrected chi connectivity index (χ4v) is 2.26. The van der Waals surface area contributed by atoms with Crippen molar-refractivity contribution in [3.05, 3.63) is 29.8 Å². The van der Waals surface area contributed by atoms with Crippen molar-refractivity contribution >= 4 is 40.4 Å². The number of carboxylic acid groups (broad SMARTS) is 3. The summed E-state index contributed by atoms with van der Waals surface area (Å²) in [7, 11) is -4.02. The molecule has 15 nitrogen and oxygen atoms in total. The molecule has 0 amide bonds. The van der Waals surface area contributed by atoms with Crippen LogP contribution in [0, 0.1) is 6.92 Å². The molecule has 0 aliphatic carbocycles. The summed E-state index contributed by atoms with van der Waals surface area (Å²) in [4.78, 5) is 29.9. The molecule has 1 aromatic rings. The molecule has 1 rings (SSSR count). The molecule has 0 heterocycles. The lowest BCUT2D eigenvalue weighted by Crippen LogP contribution is -2.48. The molecule has 0 spiro atoms. The summed E-state index contributed by atoms with van der Waals surface area (Å²) >= 11 is 0. The minimum absolute atomic E-state index is 0. The maximum absolute atomic E-state index is 10.5. The van der Waals surface area contributed by atoms with Gasteiger partial charge in [0.15, 0.2) is 6.10 Å². The highest BCUT2D eigenvalue weighted by atomic mass is 35.5. The lowest BCUT2D eigenvalue weighted by atomic mass is 10.0. The van der Waals surface area contributed by atoms with Gasteiger partial charge in [-0.1, -0.05) is 17.7 Å². The Kier molecular flexibility index (Phi) is 19.0. The van der Waals surface area contributed by atoms with Crippen LogP contribution < -0.4 is 5.73 Å². The van der Waals surface area contributed by atoms with Crippen molar-refractivity contribution in [2.75, 3.05) is 6.61 Å². The predicted molar refractivity (Wildman–Crippen MR) is 119 cm³/mol. The number of benzene rings is 1. The van der Waals surface area contributed by atoms with Crippen LogP contribution >= 0.6 is 12.4 Å². The maximum atomic E-state index is 10.5. The second-order valence-corrected chi connectivity index (χ2v) is 8.10. The molecule has 0 saturated carbocycles. The molecule has 5 atom stereocenters. The molecule has 0 bridgehead atoms. The second kappa shape index (κ2) is 17.9. The molecular weight excluding hydrogens is 522 g/mol. The number of hydrogen-bond acceptors (Lipinski definition) is 11. The van der Waals surface area contributed by atoms with Crippen LogP contribution in [0.25, 0.3) is 0 Å². The molecule has 11 N–H and O–H groups in total. The molecule has 204 valence electrons. The van der Waals surface area contributed by atoms with Gasteiger partial charge in [0.1, 0.15) is 24.4 Å². The van der Waals surface area contributed by atoms with E-state index >= 15 is 0 Å². The highest BCUT2D eigenvalue weighted by Crippen LogP contribution is 2.08. The number of hydrogen-bond donors (Lipinski definition) is 10. The third-order valence-corrected chi connectivity index (χ3v) is 4.68. The molecule has 0 aliphatic heterocycles. The Hall–Kier alpha value is -2.41. The molecule has 0 unspecified atom stereocenters. The van der Waals surface area contributed by atoms with Crippen LogP contribution in [0.15, 0.2) is 29.2 Å². The number of aliphatic carboxylic acids is 3. The van der Waals surface area contributed by atoms with Gasteiger partial charge in [-0.3, -0.25) is 14.1 Å². The average Bonchev–Trinajstić information content (AvgIpc) is 2.75. The van der Waals surface area contributed by atoms with Crippen molar-refractivity contribution in [3.8, 4) is 0 Å². The largest absolute Gasteiger partial charge is 0.481 e. The van der Waals surface area contributed by atoms with E-state index in [1.165, 1.54) is 12.1 Å². The Morgan fingerprint density at radius 2 is 1.37 bits per heavy atom. The Morgan fingerprint density at radius 1 is 0.914 bits per heavy atom. The van der Waals surface area contributed by atoms with Crippen molar-refractivity contribution < 1.29 is 68.2 Å². The third-order valence-electron chi connectivity index (χ3n) is 3.81. The van der Waals surface area contributed by atoms with Crippen molar-refractivity contribution in [2.45, 2.75) is 55.1 Å².